The van der Waals surface area contributed by atoms with Crippen molar-refractivity contribution in [3.63, 3.8) is 0 Å². The Morgan fingerprint density at radius 2 is 2.05 bits per heavy atom. The van der Waals surface area contributed by atoms with Crippen molar-refractivity contribution < 1.29 is 0 Å². The Labute approximate surface area is 116 Å². The topological polar surface area (TPSA) is 24.9 Å². The van der Waals surface area contributed by atoms with Gasteiger partial charge in [0.15, 0.2) is 0 Å². The first kappa shape index (κ1) is 11.9. The van der Waals surface area contributed by atoms with Crippen molar-refractivity contribution in [3.8, 4) is 0 Å². The van der Waals surface area contributed by atoms with Crippen LogP contribution >= 0.6 is 0 Å². The minimum absolute atomic E-state index is 0.770. The molecule has 102 valence electrons. The molecule has 2 bridgehead atoms. The average Bonchev–Trinajstić information content (AvgIpc) is 3.08. The Hall–Kier alpha value is -0.890. The summed E-state index contributed by atoms with van der Waals surface area (Å²) < 4.78 is 0. The molecule has 5 unspecified atom stereocenters. The summed E-state index contributed by atoms with van der Waals surface area (Å²) in [6.07, 6.45) is 7.46. The number of nitrogens with one attached hydrogen (secondary N) is 1. The molecule has 3 aliphatic rings. The number of nitrogens with zero attached hydrogens (tertiary/aromatic N) is 1. The van der Waals surface area contributed by atoms with Crippen molar-refractivity contribution in [2.24, 2.45) is 23.7 Å². The first-order valence-corrected chi connectivity index (χ1v) is 7.97. The van der Waals surface area contributed by atoms with E-state index in [9.17, 15) is 0 Å². The van der Waals surface area contributed by atoms with Gasteiger partial charge >= 0.3 is 0 Å². The van der Waals surface area contributed by atoms with Gasteiger partial charge in [-0.1, -0.05) is 12.5 Å². The molecular formula is C17H24N2. The molecule has 3 saturated carbocycles. The van der Waals surface area contributed by atoms with Crippen LogP contribution in [0.2, 0.25) is 0 Å². The molecule has 0 spiro atoms. The zero-order valence-corrected chi connectivity index (χ0v) is 11.8. The molecule has 1 aromatic heterocycles. The van der Waals surface area contributed by atoms with Crippen molar-refractivity contribution in [2.75, 3.05) is 0 Å². The third-order valence-corrected chi connectivity index (χ3v) is 5.92. The lowest BCUT2D eigenvalue weighted by Crippen LogP contribution is -2.39. The molecule has 2 heteroatoms. The SMILES string of the molecule is Cc1cccc(CNC2CC3CC2C2CCCC32)n1. The largest absolute Gasteiger partial charge is 0.308 e. The molecule has 1 heterocycles. The van der Waals surface area contributed by atoms with Gasteiger partial charge in [0.1, 0.15) is 0 Å². The van der Waals surface area contributed by atoms with Gasteiger partial charge in [0.25, 0.3) is 0 Å². The Balaban J connectivity index is 1.40. The predicted molar refractivity (Wildman–Crippen MR) is 76.6 cm³/mol. The van der Waals surface area contributed by atoms with Crippen LogP contribution in [0.4, 0.5) is 0 Å². The van der Waals surface area contributed by atoms with Crippen LogP contribution in [-0.4, -0.2) is 11.0 Å². The van der Waals surface area contributed by atoms with Crippen LogP contribution in [0.5, 0.6) is 0 Å². The maximum atomic E-state index is 4.60. The Kier molecular flexibility index (Phi) is 2.87. The molecule has 0 saturated heterocycles. The van der Waals surface area contributed by atoms with Crippen LogP contribution in [-0.2, 0) is 6.54 Å². The smallest absolute Gasteiger partial charge is 0.0544 e. The standard InChI is InChI=1S/C17H24N2/c1-11-4-2-5-13(19-11)10-18-17-9-12-8-16(17)15-7-3-6-14(12)15/h2,4-5,12,14-18H,3,6-10H2,1H3. The van der Waals surface area contributed by atoms with Crippen LogP contribution in [0.3, 0.4) is 0 Å². The van der Waals surface area contributed by atoms with Gasteiger partial charge in [-0.05, 0) is 68.4 Å². The molecule has 0 radical (unpaired) electrons. The van der Waals surface area contributed by atoms with E-state index in [1.807, 2.05) is 0 Å². The molecule has 0 amide bonds. The quantitative estimate of drug-likeness (QED) is 0.897. The highest BCUT2D eigenvalue weighted by Crippen LogP contribution is 2.58. The van der Waals surface area contributed by atoms with Crippen LogP contribution in [0.15, 0.2) is 18.2 Å². The molecule has 1 aromatic rings. The van der Waals surface area contributed by atoms with Crippen molar-refractivity contribution in [1.82, 2.24) is 10.3 Å². The number of hydrogen-bond acceptors (Lipinski definition) is 2. The van der Waals surface area contributed by atoms with Gasteiger partial charge in [-0.15, -0.1) is 0 Å². The van der Waals surface area contributed by atoms with E-state index >= 15 is 0 Å². The second-order valence-corrected chi connectivity index (χ2v) is 6.91. The number of pyridine rings is 1. The van der Waals surface area contributed by atoms with E-state index in [2.05, 4.69) is 35.4 Å². The summed E-state index contributed by atoms with van der Waals surface area (Å²) in [6, 6.07) is 7.11. The van der Waals surface area contributed by atoms with E-state index in [0.717, 1.165) is 42.0 Å². The van der Waals surface area contributed by atoms with Crippen LogP contribution in [0.25, 0.3) is 0 Å². The predicted octanol–water partition coefficient (Wildman–Crippen LogP) is 3.30. The van der Waals surface area contributed by atoms with Crippen LogP contribution in [0, 0.1) is 30.6 Å². The molecule has 4 rings (SSSR count). The summed E-state index contributed by atoms with van der Waals surface area (Å²) in [5, 5.41) is 3.81. The lowest BCUT2D eigenvalue weighted by atomic mass is 9.79. The number of rotatable bonds is 3. The van der Waals surface area contributed by atoms with E-state index < -0.39 is 0 Å². The van der Waals surface area contributed by atoms with Gasteiger partial charge in [0.05, 0.1) is 5.69 Å². The molecule has 2 nitrogen and oxygen atoms in total. The van der Waals surface area contributed by atoms with Gasteiger partial charge in [-0.3, -0.25) is 4.98 Å². The molecule has 19 heavy (non-hydrogen) atoms. The van der Waals surface area contributed by atoms with Crippen LogP contribution in [0.1, 0.15) is 43.5 Å². The highest BCUT2D eigenvalue weighted by molar-refractivity contribution is 5.11. The molecular weight excluding hydrogens is 232 g/mol. The van der Waals surface area contributed by atoms with E-state index in [4.69, 9.17) is 0 Å². The fourth-order valence-electron chi connectivity index (χ4n) is 5.24. The summed E-state index contributed by atoms with van der Waals surface area (Å²) in [5.74, 6) is 4.17. The fourth-order valence-corrected chi connectivity index (χ4v) is 5.24. The minimum Gasteiger partial charge on any atom is -0.308 e. The minimum atomic E-state index is 0.770. The molecule has 1 N–H and O–H groups in total. The zero-order valence-electron chi connectivity index (χ0n) is 11.8. The maximum absolute atomic E-state index is 4.60. The third kappa shape index (κ3) is 2.01. The Morgan fingerprint density at radius 1 is 1.16 bits per heavy atom. The van der Waals surface area contributed by atoms with E-state index in [0.29, 0.717) is 0 Å². The zero-order chi connectivity index (χ0) is 12.8. The summed E-state index contributed by atoms with van der Waals surface area (Å²) in [4.78, 5) is 4.60. The molecule has 5 atom stereocenters. The van der Waals surface area contributed by atoms with Gasteiger partial charge in [0.2, 0.25) is 0 Å². The number of aryl methyl sites for hydroxylation is 1. The van der Waals surface area contributed by atoms with E-state index in [1.165, 1.54) is 37.8 Å². The summed E-state index contributed by atoms with van der Waals surface area (Å²) in [6.45, 7) is 3.02. The van der Waals surface area contributed by atoms with E-state index in [-0.39, 0.29) is 0 Å². The molecule has 0 aromatic carbocycles. The lowest BCUT2D eigenvalue weighted by molar-refractivity contribution is 0.207. The third-order valence-electron chi connectivity index (χ3n) is 5.92. The average molecular weight is 256 g/mol. The van der Waals surface area contributed by atoms with E-state index in [1.54, 1.807) is 0 Å². The second-order valence-electron chi connectivity index (χ2n) is 6.91. The van der Waals surface area contributed by atoms with Gasteiger partial charge in [-0.2, -0.15) is 0 Å². The van der Waals surface area contributed by atoms with Crippen LogP contribution < -0.4 is 5.32 Å². The molecule has 3 fully saturated rings. The Morgan fingerprint density at radius 3 is 2.95 bits per heavy atom. The Bertz CT molecular complexity index is 470. The maximum Gasteiger partial charge on any atom is 0.0544 e. The first-order valence-electron chi connectivity index (χ1n) is 7.97. The fraction of sp³-hybridized carbons (Fsp3) is 0.706. The van der Waals surface area contributed by atoms with Crippen molar-refractivity contribution >= 4 is 0 Å². The van der Waals surface area contributed by atoms with Gasteiger partial charge < -0.3 is 5.32 Å². The second kappa shape index (κ2) is 4.59. The number of fused-ring (bicyclic) bond motifs is 5. The van der Waals surface area contributed by atoms with Crippen molar-refractivity contribution in [1.29, 1.82) is 0 Å². The lowest BCUT2D eigenvalue weighted by Gasteiger charge is -2.32. The monoisotopic (exact) mass is 256 g/mol. The number of hydrogen-bond donors (Lipinski definition) is 1. The van der Waals surface area contributed by atoms with Crippen molar-refractivity contribution in [2.45, 2.75) is 51.6 Å². The summed E-state index contributed by atoms with van der Waals surface area (Å²) in [7, 11) is 0. The highest BCUT2D eigenvalue weighted by Gasteiger charge is 2.53. The highest BCUT2D eigenvalue weighted by atomic mass is 15.0. The first-order chi connectivity index (χ1) is 9.31. The molecule has 3 aliphatic carbocycles. The summed E-state index contributed by atoms with van der Waals surface area (Å²) in [5.41, 5.74) is 2.33. The van der Waals surface area contributed by atoms with Gasteiger partial charge in [0, 0.05) is 18.3 Å². The van der Waals surface area contributed by atoms with Crippen molar-refractivity contribution in [3.05, 3.63) is 29.6 Å². The summed E-state index contributed by atoms with van der Waals surface area (Å²) >= 11 is 0. The normalized spacial score (nSPS) is 39.7. The molecule has 0 aliphatic heterocycles. The van der Waals surface area contributed by atoms with Gasteiger partial charge in [-0.25, -0.2) is 0 Å². The number of aromatic nitrogens is 1.